The Labute approximate surface area is 99.5 Å². The average molecular weight is 243 g/mol. The molecule has 2 rings (SSSR count). The van der Waals surface area contributed by atoms with Gasteiger partial charge in [0.25, 0.3) is 5.91 Å². The van der Waals surface area contributed by atoms with Crippen LogP contribution >= 0.6 is 0 Å². The number of carboxylic acid groups (broad SMARTS) is 1. The van der Waals surface area contributed by atoms with Gasteiger partial charge < -0.3 is 19.5 Å². The molecule has 1 aliphatic heterocycles. The summed E-state index contributed by atoms with van der Waals surface area (Å²) in [5.74, 6) is -1.25. The van der Waals surface area contributed by atoms with Crippen molar-refractivity contribution in [3.8, 4) is 0 Å². The van der Waals surface area contributed by atoms with Gasteiger partial charge in [0, 0.05) is 6.04 Å². The monoisotopic (exact) mass is 243 g/mol. The Hall–Kier alpha value is -1.14. The summed E-state index contributed by atoms with van der Waals surface area (Å²) < 4.78 is 10.5. The first kappa shape index (κ1) is 12.3. The Morgan fingerprint density at radius 2 is 2.06 bits per heavy atom. The molecule has 1 heterocycles. The molecular weight excluding hydrogens is 226 g/mol. The highest BCUT2D eigenvalue weighted by atomic mass is 16.6. The van der Waals surface area contributed by atoms with Crippen LogP contribution in [0.4, 0.5) is 0 Å². The lowest BCUT2D eigenvalue weighted by atomic mass is 10.2. The third kappa shape index (κ3) is 2.76. The second-order valence-corrected chi connectivity index (χ2v) is 4.43. The van der Waals surface area contributed by atoms with Gasteiger partial charge in [-0.15, -0.1) is 0 Å². The largest absolute Gasteiger partial charge is 0.480 e. The lowest BCUT2D eigenvalue weighted by Gasteiger charge is -2.31. The van der Waals surface area contributed by atoms with E-state index in [2.05, 4.69) is 0 Å². The van der Waals surface area contributed by atoms with Gasteiger partial charge in [-0.1, -0.05) is 0 Å². The quantitative estimate of drug-likeness (QED) is 0.744. The molecule has 1 saturated heterocycles. The fourth-order valence-corrected chi connectivity index (χ4v) is 1.96. The van der Waals surface area contributed by atoms with E-state index < -0.39 is 18.1 Å². The van der Waals surface area contributed by atoms with Gasteiger partial charge in [0.15, 0.2) is 6.10 Å². The molecule has 0 spiro atoms. The number of ether oxygens (including phenoxy) is 2. The lowest BCUT2D eigenvalue weighted by Crippen LogP contribution is -2.52. The fourth-order valence-electron chi connectivity index (χ4n) is 1.96. The van der Waals surface area contributed by atoms with Gasteiger partial charge in [-0.05, 0) is 19.8 Å². The molecule has 6 nitrogen and oxygen atoms in total. The molecule has 1 aliphatic carbocycles. The van der Waals surface area contributed by atoms with Crippen molar-refractivity contribution < 1.29 is 24.2 Å². The number of hydrogen-bond acceptors (Lipinski definition) is 4. The maximum absolute atomic E-state index is 12.2. The van der Waals surface area contributed by atoms with E-state index in [1.165, 1.54) is 11.8 Å². The number of aliphatic carboxylic acids is 1. The number of carbonyl (C=O) groups excluding carboxylic acids is 1. The molecule has 2 aliphatic rings. The van der Waals surface area contributed by atoms with E-state index in [0.717, 1.165) is 12.8 Å². The van der Waals surface area contributed by atoms with Crippen LogP contribution in [0.5, 0.6) is 0 Å². The second-order valence-electron chi connectivity index (χ2n) is 4.43. The molecule has 1 N–H and O–H groups in total. The molecule has 0 aromatic rings. The number of carboxylic acids is 1. The van der Waals surface area contributed by atoms with Crippen molar-refractivity contribution in [3.63, 3.8) is 0 Å². The van der Waals surface area contributed by atoms with Crippen LogP contribution in [0.1, 0.15) is 19.8 Å². The standard InChI is InChI=1S/C11H17NO5/c1-7(11(14)15)12(8-2-3-8)10(13)9-6-16-4-5-17-9/h7-9H,2-6H2,1H3,(H,14,15). The SMILES string of the molecule is CC(C(=O)O)N(C(=O)C1COCCO1)C1CC1. The lowest BCUT2D eigenvalue weighted by molar-refractivity contribution is -0.165. The highest BCUT2D eigenvalue weighted by molar-refractivity contribution is 5.87. The zero-order valence-electron chi connectivity index (χ0n) is 9.80. The van der Waals surface area contributed by atoms with Crippen molar-refractivity contribution >= 4 is 11.9 Å². The molecule has 1 amide bonds. The summed E-state index contributed by atoms with van der Waals surface area (Å²) in [4.78, 5) is 24.6. The molecule has 17 heavy (non-hydrogen) atoms. The smallest absolute Gasteiger partial charge is 0.326 e. The van der Waals surface area contributed by atoms with E-state index in [1.54, 1.807) is 0 Å². The van der Waals surface area contributed by atoms with E-state index in [1.807, 2.05) is 0 Å². The third-order valence-corrected chi connectivity index (χ3v) is 3.06. The van der Waals surface area contributed by atoms with Crippen LogP contribution in [0.3, 0.4) is 0 Å². The first-order valence-corrected chi connectivity index (χ1v) is 5.85. The number of amides is 1. The predicted molar refractivity (Wildman–Crippen MR) is 57.5 cm³/mol. The molecule has 2 atom stereocenters. The van der Waals surface area contributed by atoms with Crippen LogP contribution in [-0.2, 0) is 19.1 Å². The summed E-state index contributed by atoms with van der Waals surface area (Å²) in [6.45, 7) is 2.62. The van der Waals surface area contributed by atoms with Crippen LogP contribution < -0.4 is 0 Å². The topological polar surface area (TPSA) is 76.1 Å². The number of nitrogens with zero attached hydrogens (tertiary/aromatic N) is 1. The first-order valence-electron chi connectivity index (χ1n) is 5.85. The Balaban J connectivity index is 2.04. The Bertz CT molecular complexity index is 309. The maximum Gasteiger partial charge on any atom is 0.326 e. The molecule has 2 unspecified atom stereocenters. The molecular formula is C11H17NO5. The van der Waals surface area contributed by atoms with Gasteiger partial charge in [0.2, 0.25) is 0 Å². The van der Waals surface area contributed by atoms with Crippen molar-refractivity contribution in [1.29, 1.82) is 0 Å². The second kappa shape index (κ2) is 5.01. The summed E-state index contributed by atoms with van der Waals surface area (Å²) in [7, 11) is 0. The summed E-state index contributed by atoms with van der Waals surface area (Å²) in [5.41, 5.74) is 0. The highest BCUT2D eigenvalue weighted by Gasteiger charge is 2.41. The average Bonchev–Trinajstić information content (AvgIpc) is 3.14. The minimum absolute atomic E-state index is 0.0547. The first-order chi connectivity index (χ1) is 8.11. The molecule has 0 radical (unpaired) electrons. The van der Waals surface area contributed by atoms with Crippen molar-refractivity contribution in [2.75, 3.05) is 19.8 Å². The summed E-state index contributed by atoms with van der Waals surface area (Å²) in [6.07, 6.45) is 1.10. The summed E-state index contributed by atoms with van der Waals surface area (Å²) >= 11 is 0. The van der Waals surface area contributed by atoms with Gasteiger partial charge in [0.1, 0.15) is 6.04 Å². The zero-order valence-corrected chi connectivity index (χ0v) is 9.80. The maximum atomic E-state index is 12.2. The normalized spacial score (nSPS) is 26.3. The molecule has 96 valence electrons. The van der Waals surface area contributed by atoms with E-state index >= 15 is 0 Å². The van der Waals surface area contributed by atoms with Crippen molar-refractivity contribution in [2.45, 2.75) is 38.0 Å². The van der Waals surface area contributed by atoms with Crippen molar-refractivity contribution in [2.24, 2.45) is 0 Å². The van der Waals surface area contributed by atoms with Gasteiger partial charge in [-0.3, -0.25) is 4.79 Å². The minimum atomic E-state index is -0.984. The number of rotatable bonds is 4. The van der Waals surface area contributed by atoms with E-state index in [4.69, 9.17) is 14.6 Å². The number of hydrogen-bond donors (Lipinski definition) is 1. The van der Waals surface area contributed by atoms with Gasteiger partial charge in [0.05, 0.1) is 19.8 Å². The summed E-state index contributed by atoms with van der Waals surface area (Å²) in [5, 5.41) is 9.01. The van der Waals surface area contributed by atoms with Crippen LogP contribution in [0.15, 0.2) is 0 Å². The Morgan fingerprint density at radius 3 is 2.53 bits per heavy atom. The van der Waals surface area contributed by atoms with E-state index in [9.17, 15) is 9.59 Å². The van der Waals surface area contributed by atoms with Crippen LogP contribution in [0.2, 0.25) is 0 Å². The van der Waals surface area contributed by atoms with Crippen LogP contribution in [-0.4, -0.2) is 59.9 Å². The molecule has 6 heteroatoms. The molecule has 1 saturated carbocycles. The van der Waals surface area contributed by atoms with Crippen LogP contribution in [0, 0.1) is 0 Å². The van der Waals surface area contributed by atoms with Crippen molar-refractivity contribution in [3.05, 3.63) is 0 Å². The van der Waals surface area contributed by atoms with E-state index in [-0.39, 0.29) is 18.6 Å². The van der Waals surface area contributed by atoms with Gasteiger partial charge >= 0.3 is 5.97 Å². The van der Waals surface area contributed by atoms with Crippen LogP contribution in [0.25, 0.3) is 0 Å². The molecule has 0 aromatic heterocycles. The molecule has 0 bridgehead atoms. The Kier molecular flexibility index (Phi) is 3.63. The summed E-state index contributed by atoms with van der Waals surface area (Å²) in [6, 6.07) is -0.750. The van der Waals surface area contributed by atoms with Gasteiger partial charge in [-0.25, -0.2) is 4.79 Å². The third-order valence-electron chi connectivity index (χ3n) is 3.06. The number of carbonyl (C=O) groups is 2. The molecule has 2 fully saturated rings. The highest BCUT2D eigenvalue weighted by Crippen LogP contribution is 2.30. The predicted octanol–water partition coefficient (Wildman–Crippen LogP) is -0.134. The Morgan fingerprint density at radius 1 is 1.35 bits per heavy atom. The zero-order chi connectivity index (χ0) is 12.4. The minimum Gasteiger partial charge on any atom is -0.480 e. The van der Waals surface area contributed by atoms with Gasteiger partial charge in [-0.2, -0.15) is 0 Å². The fraction of sp³-hybridized carbons (Fsp3) is 0.818. The van der Waals surface area contributed by atoms with E-state index in [0.29, 0.717) is 13.2 Å². The van der Waals surface area contributed by atoms with Crippen molar-refractivity contribution in [1.82, 2.24) is 4.90 Å². The molecule has 0 aromatic carbocycles.